The van der Waals surface area contributed by atoms with E-state index in [2.05, 4.69) is 0 Å². The van der Waals surface area contributed by atoms with Gasteiger partial charge in [0.25, 0.3) is 0 Å². The summed E-state index contributed by atoms with van der Waals surface area (Å²) >= 11 is 0. The molecule has 0 bridgehead atoms. The molecule has 0 heterocycles. The zero-order valence-corrected chi connectivity index (χ0v) is 11.9. The molecule has 0 aliphatic carbocycles. The van der Waals surface area contributed by atoms with Crippen LogP contribution < -0.4 is 4.74 Å². The van der Waals surface area contributed by atoms with E-state index in [9.17, 15) is 13.2 Å². The van der Waals surface area contributed by atoms with Crippen LogP contribution >= 0.6 is 0 Å². The monoisotopic (exact) mass is 270 g/mol. The van der Waals surface area contributed by atoms with Crippen molar-refractivity contribution in [2.75, 3.05) is 12.9 Å². The van der Waals surface area contributed by atoms with Gasteiger partial charge in [-0.2, -0.15) is 0 Å². The van der Waals surface area contributed by atoms with Crippen molar-refractivity contribution < 1.29 is 17.9 Å². The highest BCUT2D eigenvalue weighted by Gasteiger charge is 2.28. The number of rotatable bonds is 4. The first kappa shape index (κ1) is 14.7. The van der Waals surface area contributed by atoms with Gasteiger partial charge < -0.3 is 4.74 Å². The molecular formula is C13H18O4S. The summed E-state index contributed by atoms with van der Waals surface area (Å²) < 4.78 is 29.1. The first-order chi connectivity index (χ1) is 8.16. The molecule has 0 fully saturated rings. The Hall–Kier alpha value is -1.36. The number of benzene rings is 1. The third kappa shape index (κ3) is 3.57. The van der Waals surface area contributed by atoms with E-state index in [0.717, 1.165) is 0 Å². The fourth-order valence-corrected chi connectivity index (χ4v) is 2.79. The molecule has 0 radical (unpaired) electrons. The first-order valence-corrected chi connectivity index (χ1v) is 7.22. The van der Waals surface area contributed by atoms with Crippen LogP contribution in [0, 0.1) is 5.41 Å². The Kier molecular flexibility index (Phi) is 4.16. The smallest absolute Gasteiger partial charge is 0.185 e. The minimum absolute atomic E-state index is 0.111. The number of Topliss-reactive ketones (excluding diaryl/α,β-unsaturated/α-hetero) is 1. The van der Waals surface area contributed by atoms with Crippen LogP contribution in [0.1, 0.15) is 20.8 Å². The summed E-state index contributed by atoms with van der Waals surface area (Å²) in [6, 6.07) is 6.14. The Morgan fingerprint density at radius 2 is 1.89 bits per heavy atom. The highest BCUT2D eigenvalue weighted by atomic mass is 32.2. The topological polar surface area (TPSA) is 60.4 Å². The average molecular weight is 270 g/mol. The standard InChI is InChI=1S/C13H18O4S/c1-13(2,3)12(14)9-18(15,16)11-7-5-6-10(8-11)17-4/h5-8H,9H2,1-4H3. The Labute approximate surface area is 108 Å². The molecule has 0 unspecified atom stereocenters. The van der Waals surface area contributed by atoms with Gasteiger partial charge in [0.05, 0.1) is 12.0 Å². The minimum Gasteiger partial charge on any atom is -0.497 e. The van der Waals surface area contributed by atoms with Crippen LogP contribution in [0.2, 0.25) is 0 Å². The maximum atomic E-state index is 12.1. The van der Waals surface area contributed by atoms with Gasteiger partial charge in [-0.25, -0.2) is 8.42 Å². The number of ether oxygens (including phenoxy) is 1. The Bertz CT molecular complexity index is 538. The summed E-state index contributed by atoms with van der Waals surface area (Å²) in [5.74, 6) is -0.325. The zero-order valence-electron chi connectivity index (χ0n) is 11.1. The van der Waals surface area contributed by atoms with Crippen molar-refractivity contribution in [3.8, 4) is 5.75 Å². The number of carbonyl (C=O) groups excluding carboxylic acids is 1. The molecule has 18 heavy (non-hydrogen) atoms. The lowest BCUT2D eigenvalue weighted by Gasteiger charge is -2.16. The summed E-state index contributed by atoms with van der Waals surface area (Å²) in [6.45, 7) is 5.11. The molecule has 0 saturated heterocycles. The molecule has 1 aromatic rings. The van der Waals surface area contributed by atoms with Crippen LogP contribution in [0.25, 0.3) is 0 Å². The molecule has 0 spiro atoms. The van der Waals surface area contributed by atoms with Crippen molar-refractivity contribution >= 4 is 15.6 Å². The SMILES string of the molecule is COc1cccc(S(=O)(=O)CC(=O)C(C)(C)C)c1. The second kappa shape index (κ2) is 5.10. The quantitative estimate of drug-likeness (QED) is 0.840. The normalized spacial score (nSPS) is 12.2. The van der Waals surface area contributed by atoms with Crippen molar-refractivity contribution in [2.24, 2.45) is 5.41 Å². The summed E-state index contributed by atoms with van der Waals surface area (Å²) in [5, 5.41) is 0. The Morgan fingerprint density at radius 3 is 2.39 bits per heavy atom. The molecule has 0 atom stereocenters. The molecular weight excluding hydrogens is 252 g/mol. The Balaban J connectivity index is 3.04. The third-order valence-corrected chi connectivity index (χ3v) is 4.17. The molecule has 0 aliphatic rings. The van der Waals surface area contributed by atoms with Gasteiger partial charge >= 0.3 is 0 Å². The molecule has 0 N–H and O–H groups in total. The lowest BCUT2D eigenvalue weighted by molar-refractivity contribution is -0.123. The van der Waals surface area contributed by atoms with Crippen molar-refractivity contribution in [1.82, 2.24) is 0 Å². The van der Waals surface area contributed by atoms with Gasteiger partial charge in [-0.15, -0.1) is 0 Å². The van der Waals surface area contributed by atoms with Crippen LogP contribution in [0.4, 0.5) is 0 Å². The van der Waals surface area contributed by atoms with Gasteiger partial charge in [0, 0.05) is 5.41 Å². The van der Waals surface area contributed by atoms with Crippen LogP contribution in [-0.2, 0) is 14.6 Å². The van der Waals surface area contributed by atoms with Crippen molar-refractivity contribution in [3.05, 3.63) is 24.3 Å². The maximum absolute atomic E-state index is 12.1. The lowest BCUT2D eigenvalue weighted by Crippen LogP contribution is -2.28. The van der Waals surface area contributed by atoms with Gasteiger partial charge in [-0.3, -0.25) is 4.79 Å². The van der Waals surface area contributed by atoms with Crippen molar-refractivity contribution in [3.63, 3.8) is 0 Å². The third-order valence-electron chi connectivity index (χ3n) is 2.56. The number of hydrogen-bond acceptors (Lipinski definition) is 4. The second-order valence-electron chi connectivity index (χ2n) is 5.11. The molecule has 1 aromatic carbocycles. The molecule has 0 amide bonds. The van der Waals surface area contributed by atoms with E-state index >= 15 is 0 Å². The highest BCUT2D eigenvalue weighted by molar-refractivity contribution is 7.92. The van der Waals surface area contributed by atoms with E-state index in [0.29, 0.717) is 5.75 Å². The molecule has 1 rings (SSSR count). The maximum Gasteiger partial charge on any atom is 0.185 e. The predicted octanol–water partition coefficient (Wildman–Crippen LogP) is 2.08. The summed E-state index contributed by atoms with van der Waals surface area (Å²) in [6.07, 6.45) is 0. The van der Waals surface area contributed by atoms with E-state index in [1.54, 1.807) is 32.9 Å². The minimum atomic E-state index is -3.60. The van der Waals surface area contributed by atoms with Gasteiger partial charge in [0.15, 0.2) is 15.6 Å². The van der Waals surface area contributed by atoms with Gasteiger partial charge in [-0.1, -0.05) is 26.8 Å². The van der Waals surface area contributed by atoms with E-state index in [4.69, 9.17) is 4.74 Å². The highest BCUT2D eigenvalue weighted by Crippen LogP contribution is 2.21. The van der Waals surface area contributed by atoms with Gasteiger partial charge in [0.1, 0.15) is 11.5 Å². The zero-order chi connectivity index (χ0) is 14.0. The first-order valence-electron chi connectivity index (χ1n) is 5.57. The summed E-state index contributed by atoms with van der Waals surface area (Å²) in [7, 11) is -2.14. The van der Waals surface area contributed by atoms with Crippen LogP contribution in [0.3, 0.4) is 0 Å². The largest absolute Gasteiger partial charge is 0.497 e. The Morgan fingerprint density at radius 1 is 1.28 bits per heavy atom. The average Bonchev–Trinajstić information content (AvgIpc) is 2.27. The van der Waals surface area contributed by atoms with Gasteiger partial charge in [0.2, 0.25) is 0 Å². The van der Waals surface area contributed by atoms with Crippen molar-refractivity contribution in [1.29, 1.82) is 0 Å². The van der Waals surface area contributed by atoms with Crippen LogP contribution in [-0.4, -0.2) is 27.1 Å². The molecule has 0 saturated carbocycles. The second-order valence-corrected chi connectivity index (χ2v) is 7.10. The molecule has 5 heteroatoms. The number of ketones is 1. The summed E-state index contributed by atoms with van der Waals surface area (Å²) in [4.78, 5) is 11.9. The van der Waals surface area contributed by atoms with Crippen molar-refractivity contribution in [2.45, 2.75) is 25.7 Å². The molecule has 4 nitrogen and oxygen atoms in total. The van der Waals surface area contributed by atoms with E-state index < -0.39 is 21.0 Å². The fraction of sp³-hybridized carbons (Fsp3) is 0.462. The van der Waals surface area contributed by atoms with Crippen LogP contribution in [0.15, 0.2) is 29.2 Å². The number of hydrogen-bond donors (Lipinski definition) is 0. The molecule has 0 aliphatic heterocycles. The number of methoxy groups -OCH3 is 1. The summed E-state index contributed by atoms with van der Waals surface area (Å²) in [5.41, 5.74) is -0.661. The van der Waals surface area contributed by atoms with E-state index in [1.165, 1.54) is 19.2 Å². The van der Waals surface area contributed by atoms with Gasteiger partial charge in [-0.05, 0) is 18.2 Å². The van der Waals surface area contributed by atoms with E-state index in [-0.39, 0.29) is 10.7 Å². The lowest BCUT2D eigenvalue weighted by atomic mass is 9.92. The number of sulfone groups is 1. The fourth-order valence-electron chi connectivity index (χ4n) is 1.27. The number of carbonyl (C=O) groups is 1. The van der Waals surface area contributed by atoms with Crippen LogP contribution in [0.5, 0.6) is 5.75 Å². The molecule has 0 aromatic heterocycles. The predicted molar refractivity (Wildman–Crippen MR) is 69.5 cm³/mol. The van der Waals surface area contributed by atoms with E-state index in [1.807, 2.05) is 0 Å². The molecule has 100 valence electrons.